The first-order chi connectivity index (χ1) is 8.49. The monoisotopic (exact) mass is 263 g/mol. The van der Waals surface area contributed by atoms with Gasteiger partial charge in [-0.05, 0) is 6.92 Å². The standard InChI is InChI=1S/C10H12F3N3O2/c1-2-14-9-15-7(10(11,12)13)3-8(16-9)18-6-4-17-5-6/h3,6H,2,4-5H2,1H3,(H,14,15,16). The summed E-state index contributed by atoms with van der Waals surface area (Å²) in [6.07, 6.45) is -4.77. The van der Waals surface area contributed by atoms with Gasteiger partial charge >= 0.3 is 6.18 Å². The van der Waals surface area contributed by atoms with E-state index in [9.17, 15) is 13.2 Å². The normalized spacial score (nSPS) is 16.2. The van der Waals surface area contributed by atoms with Gasteiger partial charge in [0.1, 0.15) is 6.10 Å². The van der Waals surface area contributed by atoms with Gasteiger partial charge in [-0.25, -0.2) is 4.98 Å². The van der Waals surface area contributed by atoms with Gasteiger partial charge in [-0.1, -0.05) is 0 Å². The zero-order valence-corrected chi connectivity index (χ0v) is 9.62. The van der Waals surface area contributed by atoms with E-state index in [2.05, 4.69) is 15.3 Å². The maximum Gasteiger partial charge on any atom is 0.433 e. The molecule has 0 amide bonds. The molecule has 0 saturated carbocycles. The first kappa shape index (κ1) is 12.9. The largest absolute Gasteiger partial charge is 0.469 e. The van der Waals surface area contributed by atoms with Crippen LogP contribution in [-0.4, -0.2) is 35.8 Å². The molecule has 0 atom stereocenters. The Kier molecular flexibility index (Phi) is 3.55. The lowest BCUT2D eigenvalue weighted by molar-refractivity contribution is -0.141. The average Bonchev–Trinajstić information content (AvgIpc) is 2.23. The van der Waals surface area contributed by atoms with Crippen molar-refractivity contribution in [2.24, 2.45) is 0 Å². The molecule has 8 heteroatoms. The third-order valence-corrected chi connectivity index (χ3v) is 2.22. The van der Waals surface area contributed by atoms with E-state index in [0.29, 0.717) is 19.8 Å². The Labute approximate surface area is 101 Å². The minimum Gasteiger partial charge on any atom is -0.469 e. The number of nitrogens with zero attached hydrogens (tertiary/aromatic N) is 2. The molecule has 5 nitrogen and oxygen atoms in total. The van der Waals surface area contributed by atoms with Gasteiger partial charge in [0.2, 0.25) is 11.8 Å². The van der Waals surface area contributed by atoms with Crippen molar-refractivity contribution in [2.75, 3.05) is 25.1 Å². The van der Waals surface area contributed by atoms with Crippen LogP contribution in [0.5, 0.6) is 5.88 Å². The topological polar surface area (TPSA) is 56.3 Å². The molecule has 0 radical (unpaired) electrons. The maximum atomic E-state index is 12.6. The smallest absolute Gasteiger partial charge is 0.433 e. The minimum absolute atomic E-state index is 0.0948. The second-order valence-electron chi connectivity index (χ2n) is 3.72. The van der Waals surface area contributed by atoms with E-state index in [4.69, 9.17) is 9.47 Å². The summed E-state index contributed by atoms with van der Waals surface area (Å²) in [4.78, 5) is 7.25. The van der Waals surface area contributed by atoms with Crippen molar-refractivity contribution in [1.82, 2.24) is 9.97 Å². The van der Waals surface area contributed by atoms with Crippen LogP contribution in [-0.2, 0) is 10.9 Å². The van der Waals surface area contributed by atoms with Crippen LogP contribution in [0.1, 0.15) is 12.6 Å². The van der Waals surface area contributed by atoms with E-state index in [1.807, 2.05) is 0 Å². The fraction of sp³-hybridized carbons (Fsp3) is 0.600. The highest BCUT2D eigenvalue weighted by molar-refractivity contribution is 5.32. The number of anilines is 1. The lowest BCUT2D eigenvalue weighted by Gasteiger charge is -2.26. The van der Waals surface area contributed by atoms with Crippen molar-refractivity contribution < 1.29 is 22.6 Å². The third-order valence-electron chi connectivity index (χ3n) is 2.22. The number of aromatic nitrogens is 2. The fourth-order valence-corrected chi connectivity index (χ4v) is 1.32. The summed E-state index contributed by atoms with van der Waals surface area (Å²) >= 11 is 0. The predicted octanol–water partition coefficient (Wildman–Crippen LogP) is 1.70. The van der Waals surface area contributed by atoms with Gasteiger partial charge in [0.25, 0.3) is 0 Å². The fourth-order valence-electron chi connectivity index (χ4n) is 1.32. The summed E-state index contributed by atoms with van der Waals surface area (Å²) in [5.74, 6) is -0.191. The summed E-state index contributed by atoms with van der Waals surface area (Å²) < 4.78 is 48.0. The van der Waals surface area contributed by atoms with Crippen LogP contribution in [0.3, 0.4) is 0 Å². The Balaban J connectivity index is 2.23. The summed E-state index contributed by atoms with van der Waals surface area (Å²) in [5, 5.41) is 2.64. The van der Waals surface area contributed by atoms with E-state index >= 15 is 0 Å². The molecule has 18 heavy (non-hydrogen) atoms. The molecule has 2 heterocycles. The second kappa shape index (κ2) is 4.97. The molecule has 0 spiro atoms. The number of halogens is 3. The number of alkyl halides is 3. The third kappa shape index (κ3) is 3.00. The van der Waals surface area contributed by atoms with Crippen LogP contribution in [0.2, 0.25) is 0 Å². The van der Waals surface area contributed by atoms with E-state index in [0.717, 1.165) is 6.07 Å². The van der Waals surface area contributed by atoms with Crippen LogP contribution in [0.25, 0.3) is 0 Å². The van der Waals surface area contributed by atoms with Crippen molar-refractivity contribution in [1.29, 1.82) is 0 Å². The van der Waals surface area contributed by atoms with Gasteiger partial charge in [-0.15, -0.1) is 0 Å². The van der Waals surface area contributed by atoms with Crippen LogP contribution in [0.15, 0.2) is 6.07 Å². The molecular weight excluding hydrogens is 251 g/mol. The number of ether oxygens (including phenoxy) is 2. The van der Waals surface area contributed by atoms with Gasteiger partial charge in [-0.3, -0.25) is 0 Å². The lowest BCUT2D eigenvalue weighted by atomic mass is 10.3. The lowest BCUT2D eigenvalue weighted by Crippen LogP contribution is -2.38. The van der Waals surface area contributed by atoms with Gasteiger partial charge in [-0.2, -0.15) is 18.2 Å². The SMILES string of the molecule is CCNc1nc(OC2COC2)cc(C(F)(F)F)n1. The molecule has 1 aromatic heterocycles. The zero-order chi connectivity index (χ0) is 13.2. The first-order valence-corrected chi connectivity index (χ1v) is 5.43. The van der Waals surface area contributed by atoms with E-state index < -0.39 is 11.9 Å². The van der Waals surface area contributed by atoms with E-state index in [1.165, 1.54) is 0 Å². The summed E-state index contributed by atoms with van der Waals surface area (Å²) in [6.45, 7) is 2.89. The Hall–Kier alpha value is -1.57. The van der Waals surface area contributed by atoms with Crippen molar-refractivity contribution in [3.05, 3.63) is 11.8 Å². The molecule has 0 aliphatic carbocycles. The van der Waals surface area contributed by atoms with Crippen LogP contribution in [0.4, 0.5) is 19.1 Å². The highest BCUT2D eigenvalue weighted by Gasteiger charge is 2.34. The molecule has 0 aromatic carbocycles. The zero-order valence-electron chi connectivity index (χ0n) is 9.62. The van der Waals surface area contributed by atoms with Gasteiger partial charge < -0.3 is 14.8 Å². The molecule has 1 fully saturated rings. The molecule has 1 aromatic rings. The highest BCUT2D eigenvalue weighted by Crippen LogP contribution is 2.30. The highest BCUT2D eigenvalue weighted by atomic mass is 19.4. The Morgan fingerprint density at radius 2 is 2.17 bits per heavy atom. The van der Waals surface area contributed by atoms with Crippen LogP contribution < -0.4 is 10.1 Å². The van der Waals surface area contributed by atoms with Gasteiger partial charge in [0.15, 0.2) is 5.69 Å². The summed E-state index contributed by atoms with van der Waals surface area (Å²) in [5.41, 5.74) is -1.02. The van der Waals surface area contributed by atoms with E-state index in [1.54, 1.807) is 6.92 Å². The predicted molar refractivity (Wildman–Crippen MR) is 56.4 cm³/mol. The van der Waals surface area contributed by atoms with E-state index in [-0.39, 0.29) is 17.9 Å². The van der Waals surface area contributed by atoms with Crippen LogP contribution in [0, 0.1) is 0 Å². The Morgan fingerprint density at radius 3 is 2.67 bits per heavy atom. The molecule has 0 bridgehead atoms. The van der Waals surface area contributed by atoms with Crippen molar-refractivity contribution in [2.45, 2.75) is 19.2 Å². The molecule has 100 valence electrons. The summed E-state index contributed by atoms with van der Waals surface area (Å²) in [6, 6.07) is 0.791. The molecular formula is C10H12F3N3O2. The molecule has 2 rings (SSSR count). The second-order valence-corrected chi connectivity index (χ2v) is 3.72. The summed E-state index contributed by atoms with van der Waals surface area (Å²) in [7, 11) is 0. The Morgan fingerprint density at radius 1 is 1.44 bits per heavy atom. The number of hydrogen-bond acceptors (Lipinski definition) is 5. The molecule has 0 unspecified atom stereocenters. The maximum absolute atomic E-state index is 12.6. The van der Waals surface area contributed by atoms with Crippen molar-refractivity contribution in [3.63, 3.8) is 0 Å². The first-order valence-electron chi connectivity index (χ1n) is 5.43. The number of nitrogens with one attached hydrogen (secondary N) is 1. The minimum atomic E-state index is -4.53. The molecule has 1 aliphatic heterocycles. The average molecular weight is 263 g/mol. The van der Waals surface area contributed by atoms with Crippen molar-refractivity contribution in [3.8, 4) is 5.88 Å². The van der Waals surface area contributed by atoms with Crippen LogP contribution >= 0.6 is 0 Å². The number of rotatable bonds is 4. The number of hydrogen-bond donors (Lipinski definition) is 1. The molecule has 1 saturated heterocycles. The molecule has 1 N–H and O–H groups in total. The Bertz CT molecular complexity index is 421. The van der Waals surface area contributed by atoms with Gasteiger partial charge in [0, 0.05) is 12.6 Å². The molecule has 1 aliphatic rings. The van der Waals surface area contributed by atoms with Gasteiger partial charge in [0.05, 0.1) is 13.2 Å². The quantitative estimate of drug-likeness (QED) is 0.896. The van der Waals surface area contributed by atoms with Crippen molar-refractivity contribution >= 4 is 5.95 Å².